The number of nitrogen functional groups attached to an aromatic ring is 1. The SMILES string of the molecule is COC(=O)c1c(N)n(-c2ccc3c(c2)OCO3)c2nc3ccccc3nc12. The number of hydrogen-bond donors (Lipinski definition) is 1. The van der Waals surface area contributed by atoms with Gasteiger partial charge in [0.05, 0.1) is 23.8 Å². The van der Waals surface area contributed by atoms with Crippen molar-refractivity contribution in [2.45, 2.75) is 0 Å². The number of ether oxygens (including phenoxy) is 3. The Hall–Kier alpha value is -3.81. The lowest BCUT2D eigenvalue weighted by molar-refractivity contribution is 0.0604. The van der Waals surface area contributed by atoms with Crippen LogP contribution in [-0.4, -0.2) is 34.4 Å². The summed E-state index contributed by atoms with van der Waals surface area (Å²) in [5, 5.41) is 0. The zero-order chi connectivity index (χ0) is 18.5. The summed E-state index contributed by atoms with van der Waals surface area (Å²) in [5.41, 5.74) is 9.42. The Labute approximate surface area is 153 Å². The van der Waals surface area contributed by atoms with Crippen LogP contribution in [0, 0.1) is 0 Å². The summed E-state index contributed by atoms with van der Waals surface area (Å²) >= 11 is 0. The van der Waals surface area contributed by atoms with Gasteiger partial charge >= 0.3 is 5.97 Å². The van der Waals surface area contributed by atoms with Gasteiger partial charge in [-0.15, -0.1) is 0 Å². The first-order chi connectivity index (χ1) is 13.2. The molecule has 3 heterocycles. The van der Waals surface area contributed by atoms with E-state index in [4.69, 9.17) is 19.9 Å². The number of aromatic nitrogens is 3. The molecule has 0 spiro atoms. The van der Waals surface area contributed by atoms with Crippen molar-refractivity contribution in [3.63, 3.8) is 0 Å². The second-order valence-corrected chi connectivity index (χ2v) is 6.01. The van der Waals surface area contributed by atoms with Gasteiger partial charge in [0.2, 0.25) is 6.79 Å². The summed E-state index contributed by atoms with van der Waals surface area (Å²) in [5.74, 6) is 0.883. The van der Waals surface area contributed by atoms with Crippen molar-refractivity contribution >= 4 is 34.0 Å². The topological polar surface area (TPSA) is 101 Å². The molecule has 0 unspecified atom stereocenters. The first-order valence-electron chi connectivity index (χ1n) is 8.22. The van der Waals surface area contributed by atoms with Crippen molar-refractivity contribution in [3.8, 4) is 17.2 Å². The fourth-order valence-electron chi connectivity index (χ4n) is 3.25. The molecule has 8 heteroatoms. The van der Waals surface area contributed by atoms with Crippen LogP contribution >= 0.6 is 0 Å². The Morgan fingerprint density at radius 1 is 1.11 bits per heavy atom. The van der Waals surface area contributed by atoms with E-state index >= 15 is 0 Å². The molecule has 0 aliphatic carbocycles. The number of nitrogens with two attached hydrogens (primary N) is 1. The Morgan fingerprint density at radius 3 is 2.63 bits per heavy atom. The van der Waals surface area contributed by atoms with E-state index < -0.39 is 5.97 Å². The third-order valence-electron chi connectivity index (χ3n) is 4.50. The Morgan fingerprint density at radius 2 is 1.85 bits per heavy atom. The predicted octanol–water partition coefficient (Wildman–Crippen LogP) is 2.67. The molecule has 0 bridgehead atoms. The molecule has 0 saturated carbocycles. The lowest BCUT2D eigenvalue weighted by Gasteiger charge is -2.08. The van der Waals surface area contributed by atoms with Crippen molar-refractivity contribution in [1.29, 1.82) is 0 Å². The highest BCUT2D eigenvalue weighted by molar-refractivity contribution is 6.08. The molecule has 4 aromatic rings. The van der Waals surface area contributed by atoms with Gasteiger partial charge in [-0.3, -0.25) is 4.57 Å². The molecule has 2 N–H and O–H groups in total. The van der Waals surface area contributed by atoms with Crippen LogP contribution in [-0.2, 0) is 4.74 Å². The number of carbonyl (C=O) groups excluding carboxylic acids is 1. The average molecular weight is 362 g/mol. The maximum Gasteiger partial charge on any atom is 0.343 e. The fraction of sp³-hybridized carbons (Fsp3) is 0.105. The van der Waals surface area contributed by atoms with Gasteiger partial charge in [0.1, 0.15) is 16.9 Å². The number of methoxy groups -OCH3 is 1. The number of para-hydroxylation sites is 2. The molecule has 27 heavy (non-hydrogen) atoms. The molecular formula is C19H14N4O4. The second kappa shape index (κ2) is 5.60. The Bertz CT molecular complexity index is 1230. The van der Waals surface area contributed by atoms with Gasteiger partial charge in [-0.05, 0) is 24.3 Å². The lowest BCUT2D eigenvalue weighted by Crippen LogP contribution is -2.07. The van der Waals surface area contributed by atoms with Crippen molar-refractivity contribution in [3.05, 3.63) is 48.0 Å². The van der Waals surface area contributed by atoms with Crippen molar-refractivity contribution < 1.29 is 19.0 Å². The van der Waals surface area contributed by atoms with E-state index in [0.29, 0.717) is 39.4 Å². The van der Waals surface area contributed by atoms with E-state index in [1.54, 1.807) is 16.7 Å². The smallest absolute Gasteiger partial charge is 0.343 e. The van der Waals surface area contributed by atoms with Gasteiger partial charge in [-0.1, -0.05) is 12.1 Å². The summed E-state index contributed by atoms with van der Waals surface area (Å²) < 4.78 is 17.4. The first-order valence-corrected chi connectivity index (χ1v) is 8.22. The summed E-state index contributed by atoms with van der Waals surface area (Å²) in [6.07, 6.45) is 0. The maximum atomic E-state index is 12.4. The molecule has 0 radical (unpaired) electrons. The molecule has 0 fully saturated rings. The molecule has 2 aromatic heterocycles. The van der Waals surface area contributed by atoms with Crippen LogP contribution in [0.2, 0.25) is 0 Å². The molecule has 1 aliphatic rings. The number of hydrogen-bond acceptors (Lipinski definition) is 7. The van der Waals surface area contributed by atoms with Gasteiger partial charge in [-0.2, -0.15) is 0 Å². The minimum atomic E-state index is -0.568. The minimum Gasteiger partial charge on any atom is -0.465 e. The highest BCUT2D eigenvalue weighted by atomic mass is 16.7. The standard InChI is InChI=1S/C19H14N4O4/c1-25-19(24)15-16-18(22-12-5-3-2-4-11(12)21-16)23(17(15)20)10-6-7-13-14(8-10)27-9-26-13/h2-8H,9,20H2,1H3. The molecule has 2 aromatic carbocycles. The van der Waals surface area contributed by atoms with Crippen LogP contribution < -0.4 is 15.2 Å². The van der Waals surface area contributed by atoms with E-state index in [1.807, 2.05) is 30.3 Å². The highest BCUT2D eigenvalue weighted by Gasteiger charge is 2.26. The van der Waals surface area contributed by atoms with Crippen LogP contribution in [0.3, 0.4) is 0 Å². The number of anilines is 1. The molecular weight excluding hydrogens is 348 g/mol. The quantitative estimate of drug-likeness (QED) is 0.547. The van der Waals surface area contributed by atoms with Crippen molar-refractivity contribution in [1.82, 2.24) is 14.5 Å². The summed E-state index contributed by atoms with van der Waals surface area (Å²) in [7, 11) is 1.31. The van der Waals surface area contributed by atoms with E-state index in [0.717, 1.165) is 0 Å². The first kappa shape index (κ1) is 15.4. The third kappa shape index (κ3) is 2.20. The van der Waals surface area contributed by atoms with Crippen LogP contribution in [0.5, 0.6) is 11.5 Å². The van der Waals surface area contributed by atoms with Crippen LogP contribution in [0.25, 0.3) is 27.9 Å². The molecule has 0 atom stereocenters. The van der Waals surface area contributed by atoms with Crippen LogP contribution in [0.1, 0.15) is 10.4 Å². The molecule has 134 valence electrons. The number of carbonyl (C=O) groups is 1. The van der Waals surface area contributed by atoms with Crippen molar-refractivity contribution in [2.24, 2.45) is 0 Å². The number of esters is 1. The molecule has 5 rings (SSSR count). The Balaban J connectivity index is 1.87. The maximum absolute atomic E-state index is 12.4. The second-order valence-electron chi connectivity index (χ2n) is 6.01. The molecule has 1 aliphatic heterocycles. The van der Waals surface area contributed by atoms with Crippen LogP contribution in [0.4, 0.5) is 5.82 Å². The van der Waals surface area contributed by atoms with Gasteiger partial charge in [0, 0.05) is 6.07 Å². The number of fused-ring (bicyclic) bond motifs is 3. The molecule has 0 amide bonds. The van der Waals surface area contributed by atoms with Gasteiger partial charge in [0.25, 0.3) is 0 Å². The van der Waals surface area contributed by atoms with Gasteiger partial charge < -0.3 is 19.9 Å². The minimum absolute atomic E-state index is 0.165. The van der Waals surface area contributed by atoms with Crippen molar-refractivity contribution in [2.75, 3.05) is 19.6 Å². The monoisotopic (exact) mass is 362 g/mol. The number of benzene rings is 2. The highest BCUT2D eigenvalue weighted by Crippen LogP contribution is 2.37. The third-order valence-corrected chi connectivity index (χ3v) is 4.50. The zero-order valence-corrected chi connectivity index (χ0v) is 14.3. The largest absolute Gasteiger partial charge is 0.465 e. The molecule has 0 saturated heterocycles. The zero-order valence-electron chi connectivity index (χ0n) is 14.3. The summed E-state index contributed by atoms with van der Waals surface area (Å²) in [4.78, 5) is 21.7. The van der Waals surface area contributed by atoms with E-state index in [1.165, 1.54) is 7.11 Å². The van der Waals surface area contributed by atoms with Crippen LogP contribution in [0.15, 0.2) is 42.5 Å². The van der Waals surface area contributed by atoms with E-state index in [-0.39, 0.29) is 18.2 Å². The average Bonchev–Trinajstić information content (AvgIpc) is 3.26. The normalized spacial score (nSPS) is 12.6. The van der Waals surface area contributed by atoms with Gasteiger partial charge in [-0.25, -0.2) is 14.8 Å². The predicted molar refractivity (Wildman–Crippen MR) is 98.2 cm³/mol. The summed E-state index contributed by atoms with van der Waals surface area (Å²) in [6.45, 7) is 0.165. The number of nitrogens with zero attached hydrogens (tertiary/aromatic N) is 3. The number of rotatable bonds is 2. The summed E-state index contributed by atoms with van der Waals surface area (Å²) in [6, 6.07) is 12.8. The van der Waals surface area contributed by atoms with E-state index in [2.05, 4.69) is 9.97 Å². The molecule has 8 nitrogen and oxygen atoms in total. The Kier molecular flexibility index (Phi) is 3.20. The van der Waals surface area contributed by atoms with E-state index in [9.17, 15) is 4.79 Å². The lowest BCUT2D eigenvalue weighted by atomic mass is 10.2. The fourth-order valence-corrected chi connectivity index (χ4v) is 3.25. The van der Waals surface area contributed by atoms with Gasteiger partial charge in [0.15, 0.2) is 17.1 Å².